The quantitative estimate of drug-likeness (QED) is 0.611. The SMILES string of the molecule is CS(=O)(=O)N[C@H]1C[C@@H](c2nc(-c3ccccc3)n[nH]2)N(Cc2ccc3c(c2)CCO3)C1. The predicted molar refractivity (Wildman–Crippen MR) is 117 cm³/mol. The first kappa shape index (κ1) is 20.2. The summed E-state index contributed by atoms with van der Waals surface area (Å²) in [5.41, 5.74) is 3.35. The van der Waals surface area contributed by atoms with Gasteiger partial charge in [-0.15, -0.1) is 0 Å². The molecule has 0 amide bonds. The maximum absolute atomic E-state index is 11.8. The summed E-state index contributed by atoms with van der Waals surface area (Å²) in [7, 11) is -3.29. The second kappa shape index (κ2) is 8.07. The van der Waals surface area contributed by atoms with Crippen molar-refractivity contribution in [2.24, 2.45) is 0 Å². The first-order valence-corrected chi connectivity index (χ1v) is 12.3. The number of hydrogen-bond donors (Lipinski definition) is 2. The molecule has 0 spiro atoms. The van der Waals surface area contributed by atoms with E-state index in [0.717, 1.165) is 30.2 Å². The van der Waals surface area contributed by atoms with Crippen LogP contribution in [-0.4, -0.2) is 53.9 Å². The van der Waals surface area contributed by atoms with Gasteiger partial charge in [-0.2, -0.15) is 5.10 Å². The van der Waals surface area contributed by atoms with Crippen molar-refractivity contribution in [3.05, 3.63) is 65.5 Å². The van der Waals surface area contributed by atoms with Crippen molar-refractivity contribution in [3.63, 3.8) is 0 Å². The normalized spacial score (nSPS) is 21.2. The fraction of sp³-hybridized carbons (Fsp3) is 0.364. The summed E-state index contributed by atoms with van der Waals surface area (Å²) in [4.78, 5) is 7.00. The van der Waals surface area contributed by atoms with Crippen LogP contribution in [-0.2, 0) is 23.0 Å². The Balaban J connectivity index is 1.41. The van der Waals surface area contributed by atoms with Gasteiger partial charge in [-0.25, -0.2) is 18.1 Å². The zero-order valence-corrected chi connectivity index (χ0v) is 18.1. The average molecular weight is 440 g/mol. The van der Waals surface area contributed by atoms with Gasteiger partial charge in [-0.3, -0.25) is 10.00 Å². The van der Waals surface area contributed by atoms with Gasteiger partial charge in [-0.05, 0) is 23.6 Å². The first-order valence-electron chi connectivity index (χ1n) is 10.4. The topological polar surface area (TPSA) is 100 Å². The van der Waals surface area contributed by atoms with Crippen LogP contribution in [0.4, 0.5) is 0 Å². The van der Waals surface area contributed by atoms with Gasteiger partial charge < -0.3 is 4.74 Å². The number of ether oxygens (including phenoxy) is 1. The third-order valence-corrected chi connectivity index (χ3v) is 6.54. The molecule has 9 heteroatoms. The molecule has 2 N–H and O–H groups in total. The molecule has 8 nitrogen and oxygen atoms in total. The Kier molecular flexibility index (Phi) is 5.25. The molecule has 0 aliphatic carbocycles. The van der Waals surface area contributed by atoms with Gasteiger partial charge in [0, 0.05) is 31.1 Å². The number of rotatable bonds is 6. The summed E-state index contributed by atoms with van der Waals surface area (Å²) in [6.45, 7) is 2.03. The van der Waals surface area contributed by atoms with Crippen LogP contribution in [0.3, 0.4) is 0 Å². The largest absolute Gasteiger partial charge is 0.493 e. The maximum atomic E-state index is 11.8. The lowest BCUT2D eigenvalue weighted by atomic mass is 10.1. The van der Waals surface area contributed by atoms with Gasteiger partial charge in [0.1, 0.15) is 11.6 Å². The highest BCUT2D eigenvalue weighted by Crippen LogP contribution is 2.34. The van der Waals surface area contributed by atoms with Crippen LogP contribution in [0.5, 0.6) is 5.75 Å². The van der Waals surface area contributed by atoms with Crippen LogP contribution < -0.4 is 9.46 Å². The molecule has 0 unspecified atom stereocenters. The highest BCUT2D eigenvalue weighted by Gasteiger charge is 2.36. The fourth-order valence-corrected chi connectivity index (χ4v) is 5.24. The molecule has 2 aliphatic rings. The lowest BCUT2D eigenvalue weighted by Crippen LogP contribution is -2.36. The van der Waals surface area contributed by atoms with E-state index < -0.39 is 10.0 Å². The van der Waals surface area contributed by atoms with Crippen LogP contribution in [0.2, 0.25) is 0 Å². The number of likely N-dealkylation sites (tertiary alicyclic amines) is 1. The Morgan fingerprint density at radius 3 is 2.87 bits per heavy atom. The van der Waals surface area contributed by atoms with E-state index in [9.17, 15) is 8.42 Å². The Morgan fingerprint density at radius 2 is 2.06 bits per heavy atom. The molecular formula is C22H25N5O3S. The van der Waals surface area contributed by atoms with Gasteiger partial charge in [0.25, 0.3) is 0 Å². The number of aromatic amines is 1. The number of hydrogen-bond acceptors (Lipinski definition) is 6. The van der Waals surface area contributed by atoms with Crippen LogP contribution in [0, 0.1) is 0 Å². The minimum atomic E-state index is -3.29. The lowest BCUT2D eigenvalue weighted by Gasteiger charge is -2.22. The van der Waals surface area contributed by atoms with Crippen molar-refractivity contribution in [1.82, 2.24) is 24.8 Å². The van der Waals surface area contributed by atoms with Crippen LogP contribution in [0.25, 0.3) is 11.4 Å². The zero-order chi connectivity index (χ0) is 21.4. The second-order valence-corrected chi connectivity index (χ2v) is 10.00. The van der Waals surface area contributed by atoms with E-state index in [1.165, 1.54) is 17.4 Å². The zero-order valence-electron chi connectivity index (χ0n) is 17.3. The molecule has 0 bridgehead atoms. The molecule has 1 fully saturated rings. The summed E-state index contributed by atoms with van der Waals surface area (Å²) in [5.74, 6) is 2.35. The van der Waals surface area contributed by atoms with Gasteiger partial charge >= 0.3 is 0 Å². The first-order chi connectivity index (χ1) is 14.9. The highest BCUT2D eigenvalue weighted by atomic mass is 32.2. The van der Waals surface area contributed by atoms with Crippen LogP contribution >= 0.6 is 0 Å². The van der Waals surface area contributed by atoms with Crippen molar-refractivity contribution in [1.29, 1.82) is 0 Å². The summed E-state index contributed by atoms with van der Waals surface area (Å²) >= 11 is 0. The smallest absolute Gasteiger partial charge is 0.208 e. The van der Waals surface area contributed by atoms with Crippen molar-refractivity contribution < 1.29 is 13.2 Å². The third-order valence-electron chi connectivity index (χ3n) is 5.77. The van der Waals surface area contributed by atoms with Crippen LogP contribution in [0.1, 0.15) is 29.4 Å². The molecule has 1 saturated heterocycles. The molecule has 2 aromatic carbocycles. The summed E-state index contributed by atoms with van der Waals surface area (Å²) in [6.07, 6.45) is 2.76. The predicted octanol–water partition coefficient (Wildman–Crippen LogP) is 2.27. The lowest BCUT2D eigenvalue weighted by molar-refractivity contribution is 0.238. The van der Waals surface area contributed by atoms with E-state index in [2.05, 4.69) is 32.0 Å². The average Bonchev–Trinajstić information content (AvgIpc) is 3.46. The Labute approximate surface area is 181 Å². The number of H-pyrrole nitrogens is 1. The van der Waals surface area contributed by atoms with Crippen molar-refractivity contribution in [2.45, 2.75) is 31.5 Å². The van der Waals surface area contributed by atoms with Crippen molar-refractivity contribution in [3.8, 4) is 17.1 Å². The van der Waals surface area contributed by atoms with Gasteiger partial charge in [0.05, 0.1) is 18.9 Å². The van der Waals surface area contributed by atoms with Gasteiger partial charge in [-0.1, -0.05) is 42.5 Å². The molecule has 2 atom stereocenters. The molecule has 2 aliphatic heterocycles. The minimum Gasteiger partial charge on any atom is -0.493 e. The number of benzene rings is 2. The minimum absolute atomic E-state index is 0.0614. The molecular weight excluding hydrogens is 414 g/mol. The fourth-order valence-electron chi connectivity index (χ4n) is 4.46. The van der Waals surface area contributed by atoms with Crippen molar-refractivity contribution >= 4 is 10.0 Å². The molecule has 0 radical (unpaired) electrons. The van der Waals surface area contributed by atoms with Crippen LogP contribution in [0.15, 0.2) is 48.5 Å². The monoisotopic (exact) mass is 439 g/mol. The highest BCUT2D eigenvalue weighted by molar-refractivity contribution is 7.88. The Hall–Kier alpha value is -2.75. The number of aromatic nitrogens is 3. The number of fused-ring (bicyclic) bond motifs is 1. The molecule has 31 heavy (non-hydrogen) atoms. The van der Waals surface area contributed by atoms with E-state index in [0.29, 0.717) is 25.3 Å². The van der Waals surface area contributed by atoms with E-state index in [1.54, 1.807) is 0 Å². The Bertz CT molecular complexity index is 1180. The molecule has 0 saturated carbocycles. The number of nitrogens with zero attached hydrogens (tertiary/aromatic N) is 3. The summed E-state index contributed by atoms with van der Waals surface area (Å²) < 4.78 is 32.0. The second-order valence-electron chi connectivity index (χ2n) is 8.22. The van der Waals surface area contributed by atoms with E-state index in [-0.39, 0.29) is 12.1 Å². The van der Waals surface area contributed by atoms with E-state index in [4.69, 9.17) is 9.72 Å². The Morgan fingerprint density at radius 1 is 1.23 bits per heavy atom. The summed E-state index contributed by atoms with van der Waals surface area (Å²) in [6, 6.07) is 15.9. The van der Waals surface area contributed by atoms with Crippen molar-refractivity contribution in [2.75, 3.05) is 19.4 Å². The molecule has 5 rings (SSSR count). The number of sulfonamides is 1. The molecule has 3 aromatic rings. The number of nitrogens with one attached hydrogen (secondary N) is 2. The van der Waals surface area contributed by atoms with Gasteiger partial charge in [0.2, 0.25) is 10.0 Å². The van der Waals surface area contributed by atoms with E-state index >= 15 is 0 Å². The maximum Gasteiger partial charge on any atom is 0.208 e. The van der Waals surface area contributed by atoms with Gasteiger partial charge in [0.15, 0.2) is 5.82 Å². The summed E-state index contributed by atoms with van der Waals surface area (Å²) in [5, 5.41) is 7.49. The molecule has 162 valence electrons. The molecule has 3 heterocycles. The molecule has 1 aromatic heterocycles. The third kappa shape index (κ3) is 4.48. The van der Waals surface area contributed by atoms with E-state index in [1.807, 2.05) is 36.4 Å². The standard InChI is InChI=1S/C22H25N5O3S/c1-31(28,29)26-18-12-19(22-23-21(24-25-22)16-5-3-2-4-6-16)27(14-18)13-15-7-8-20-17(11-15)9-10-30-20/h2-8,11,18-19,26H,9-10,12-14H2,1H3,(H,23,24,25)/t18-,19-/m0/s1.